The highest BCUT2D eigenvalue weighted by molar-refractivity contribution is 5.78. The summed E-state index contributed by atoms with van der Waals surface area (Å²) in [5, 5.41) is 0. The number of carbonyl (C=O) groups excluding carboxylic acids is 1. The lowest BCUT2D eigenvalue weighted by Crippen LogP contribution is -2.05. The van der Waals surface area contributed by atoms with Crippen LogP contribution in [0.3, 0.4) is 0 Å². The average molecular weight is 685 g/mol. The highest BCUT2D eigenvalue weighted by Crippen LogP contribution is 2.26. The molecule has 0 bridgehead atoms. The second-order valence-electron chi connectivity index (χ2n) is 16.3. The molecule has 0 aliphatic heterocycles. The van der Waals surface area contributed by atoms with E-state index in [4.69, 9.17) is 0 Å². The Bertz CT molecular complexity index is 818. The molecule has 0 aliphatic carbocycles. The van der Waals surface area contributed by atoms with E-state index in [0.717, 1.165) is 43.9 Å². The van der Waals surface area contributed by atoms with E-state index in [0.29, 0.717) is 17.6 Å². The predicted octanol–water partition coefficient (Wildman–Crippen LogP) is 17.2. The Balaban J connectivity index is -0.00000184. The third-order valence-electron chi connectivity index (χ3n) is 9.75. The number of hydrogen-bond acceptors (Lipinski definition) is 1. The average Bonchev–Trinajstić information content (AvgIpc) is 3.02. The SMILES string of the molecule is C=C(C)CCCCC.C=C(CC(C)CCC=C(C)C)C(C)CCCCCCC(C)CCCCCCCC(=O)CC(C)CCC=C(C)C.CC. The van der Waals surface area contributed by atoms with Crippen molar-refractivity contribution in [1.82, 2.24) is 0 Å². The van der Waals surface area contributed by atoms with E-state index in [9.17, 15) is 4.79 Å². The van der Waals surface area contributed by atoms with Gasteiger partial charge in [0.1, 0.15) is 5.78 Å². The summed E-state index contributed by atoms with van der Waals surface area (Å²) in [6.07, 6.45) is 33.3. The first-order valence-electron chi connectivity index (χ1n) is 21.4. The minimum absolute atomic E-state index is 0.480. The Labute approximate surface area is 311 Å². The van der Waals surface area contributed by atoms with Crippen molar-refractivity contribution in [2.45, 2.75) is 231 Å². The van der Waals surface area contributed by atoms with Gasteiger partial charge >= 0.3 is 0 Å². The molecule has 4 unspecified atom stereocenters. The Morgan fingerprint density at radius 1 is 0.531 bits per heavy atom. The van der Waals surface area contributed by atoms with Crippen LogP contribution in [0.2, 0.25) is 0 Å². The highest BCUT2D eigenvalue weighted by atomic mass is 16.1. The van der Waals surface area contributed by atoms with Gasteiger partial charge in [0.05, 0.1) is 0 Å². The first-order chi connectivity index (χ1) is 23.3. The highest BCUT2D eigenvalue weighted by Gasteiger charge is 2.11. The molecule has 0 heterocycles. The van der Waals surface area contributed by atoms with Crippen molar-refractivity contribution < 1.29 is 4.79 Å². The van der Waals surface area contributed by atoms with E-state index in [1.54, 1.807) is 0 Å². The van der Waals surface area contributed by atoms with Crippen molar-refractivity contribution in [2.24, 2.45) is 23.7 Å². The summed E-state index contributed by atoms with van der Waals surface area (Å²) in [7, 11) is 0. The lowest BCUT2D eigenvalue weighted by molar-refractivity contribution is -0.120. The van der Waals surface area contributed by atoms with E-state index in [1.165, 1.54) is 138 Å². The summed E-state index contributed by atoms with van der Waals surface area (Å²) < 4.78 is 0. The zero-order valence-electron chi connectivity index (χ0n) is 36.1. The maximum atomic E-state index is 12.2. The third kappa shape index (κ3) is 42.7. The van der Waals surface area contributed by atoms with Crippen LogP contribution in [0.15, 0.2) is 47.6 Å². The molecule has 0 spiro atoms. The fraction of sp³-hybridized carbons (Fsp3) is 0.812. The molecule has 1 nitrogen and oxygen atoms in total. The Hall–Kier alpha value is -1.37. The molecular weight excluding hydrogens is 593 g/mol. The molecule has 1 heteroatoms. The molecule has 4 atom stereocenters. The number of rotatable bonds is 30. The number of Topliss-reactive ketones (excluding diaryl/α,β-unsaturated/α-hetero) is 1. The van der Waals surface area contributed by atoms with Gasteiger partial charge in [0.2, 0.25) is 0 Å². The standard InChI is InChI=1S/C38H70O.C8H16.C2H6/c1-31(2)21-19-25-34(6)29-37(9)36(8)27-17-14-13-16-24-33(5)23-15-11-10-12-18-28-38(39)30-35(7)26-20-22-32(3)4;1-4-5-6-7-8(2)3;1-2/h21-22,33-36H,9-20,23-30H2,1-8H3;2,4-7H2,1,3H3;1-2H3. The van der Waals surface area contributed by atoms with Gasteiger partial charge in [-0.25, -0.2) is 0 Å². The molecule has 0 aliphatic rings. The Morgan fingerprint density at radius 2 is 0.959 bits per heavy atom. The largest absolute Gasteiger partial charge is 0.300 e. The molecule has 290 valence electrons. The Morgan fingerprint density at radius 3 is 1.43 bits per heavy atom. The van der Waals surface area contributed by atoms with E-state index >= 15 is 0 Å². The van der Waals surface area contributed by atoms with Crippen LogP contribution in [0.1, 0.15) is 231 Å². The second kappa shape index (κ2) is 37.9. The van der Waals surface area contributed by atoms with Gasteiger partial charge in [-0.1, -0.05) is 167 Å². The van der Waals surface area contributed by atoms with Gasteiger partial charge in [-0.3, -0.25) is 4.79 Å². The molecule has 0 aromatic heterocycles. The van der Waals surface area contributed by atoms with Gasteiger partial charge in [-0.15, -0.1) is 6.58 Å². The zero-order chi connectivity index (χ0) is 37.9. The minimum Gasteiger partial charge on any atom is -0.300 e. The predicted molar refractivity (Wildman–Crippen MR) is 228 cm³/mol. The molecule has 49 heavy (non-hydrogen) atoms. The van der Waals surface area contributed by atoms with Crippen LogP contribution in [0.4, 0.5) is 0 Å². The molecule has 0 aromatic rings. The maximum absolute atomic E-state index is 12.2. The van der Waals surface area contributed by atoms with E-state index in [1.807, 2.05) is 13.8 Å². The molecule has 0 fully saturated rings. The summed E-state index contributed by atoms with van der Waals surface area (Å²) >= 11 is 0. The van der Waals surface area contributed by atoms with E-state index < -0.39 is 0 Å². The van der Waals surface area contributed by atoms with Gasteiger partial charge < -0.3 is 0 Å². The molecule has 0 amide bonds. The Kier molecular flexibility index (Phi) is 40.2. The van der Waals surface area contributed by atoms with Crippen LogP contribution in [-0.2, 0) is 4.79 Å². The third-order valence-corrected chi connectivity index (χ3v) is 9.75. The van der Waals surface area contributed by atoms with Gasteiger partial charge in [0, 0.05) is 12.8 Å². The normalized spacial score (nSPS) is 13.1. The molecule has 0 rings (SSSR count). The number of unbranched alkanes of at least 4 members (excludes halogenated alkanes) is 9. The van der Waals surface area contributed by atoms with Crippen LogP contribution in [-0.4, -0.2) is 5.78 Å². The molecule has 0 aromatic carbocycles. The summed E-state index contributed by atoms with van der Waals surface area (Å²) in [6, 6.07) is 0. The van der Waals surface area contributed by atoms with Crippen LogP contribution in [0.5, 0.6) is 0 Å². The fourth-order valence-corrected chi connectivity index (χ4v) is 6.32. The smallest absolute Gasteiger partial charge is 0.133 e. The second-order valence-corrected chi connectivity index (χ2v) is 16.3. The van der Waals surface area contributed by atoms with Crippen molar-refractivity contribution in [3.63, 3.8) is 0 Å². The van der Waals surface area contributed by atoms with Crippen molar-refractivity contribution in [3.05, 3.63) is 47.6 Å². The molecular formula is C48H92O. The van der Waals surface area contributed by atoms with E-state index in [2.05, 4.69) is 94.5 Å². The summed E-state index contributed by atoms with van der Waals surface area (Å²) in [6.45, 7) is 34.7. The summed E-state index contributed by atoms with van der Waals surface area (Å²) in [5.74, 6) is 3.30. The van der Waals surface area contributed by atoms with Gasteiger partial charge in [-0.2, -0.15) is 0 Å². The van der Waals surface area contributed by atoms with Crippen LogP contribution in [0.25, 0.3) is 0 Å². The lowest BCUT2D eigenvalue weighted by atomic mass is 9.87. The molecule has 0 radical (unpaired) electrons. The van der Waals surface area contributed by atoms with E-state index in [-0.39, 0.29) is 0 Å². The molecule has 0 N–H and O–H groups in total. The number of ketones is 1. The van der Waals surface area contributed by atoms with Gasteiger partial charge in [0.25, 0.3) is 0 Å². The van der Waals surface area contributed by atoms with Crippen molar-refractivity contribution in [1.29, 1.82) is 0 Å². The number of carbonyl (C=O) groups is 1. The number of allylic oxidation sites excluding steroid dienone is 6. The molecule has 0 saturated carbocycles. The first-order valence-corrected chi connectivity index (χ1v) is 21.4. The quantitative estimate of drug-likeness (QED) is 0.0544. The summed E-state index contributed by atoms with van der Waals surface area (Å²) in [4.78, 5) is 12.2. The topological polar surface area (TPSA) is 17.1 Å². The minimum atomic E-state index is 0.480. The van der Waals surface area contributed by atoms with Gasteiger partial charge in [0.15, 0.2) is 0 Å². The monoisotopic (exact) mass is 685 g/mol. The lowest BCUT2D eigenvalue weighted by Gasteiger charge is -2.18. The van der Waals surface area contributed by atoms with Crippen molar-refractivity contribution in [2.75, 3.05) is 0 Å². The van der Waals surface area contributed by atoms with Crippen molar-refractivity contribution >= 4 is 5.78 Å². The van der Waals surface area contributed by atoms with Crippen LogP contribution >= 0.6 is 0 Å². The van der Waals surface area contributed by atoms with Gasteiger partial charge in [-0.05, 0) is 116 Å². The zero-order valence-corrected chi connectivity index (χ0v) is 36.1. The van der Waals surface area contributed by atoms with Crippen LogP contribution in [0, 0.1) is 23.7 Å². The maximum Gasteiger partial charge on any atom is 0.133 e. The van der Waals surface area contributed by atoms with Crippen molar-refractivity contribution in [3.8, 4) is 0 Å². The number of hydrogen-bond donors (Lipinski definition) is 0. The summed E-state index contributed by atoms with van der Waals surface area (Å²) in [5.41, 5.74) is 5.61. The first kappa shape index (κ1) is 52.0. The van der Waals surface area contributed by atoms with Crippen LogP contribution < -0.4 is 0 Å². The molecule has 0 saturated heterocycles. The fourth-order valence-electron chi connectivity index (χ4n) is 6.32.